The first-order valence-corrected chi connectivity index (χ1v) is 15.7. The van der Waals surface area contributed by atoms with E-state index in [1.54, 1.807) is 36.9 Å². The maximum atomic E-state index is 14.3. The number of carboxylic acids is 1. The molecule has 10 heteroatoms. The fourth-order valence-corrected chi connectivity index (χ4v) is 7.22. The molecule has 3 rings (SSSR count). The summed E-state index contributed by atoms with van der Waals surface area (Å²) in [5, 5.41) is 10.3. The molecule has 0 radical (unpaired) electrons. The molecule has 39 heavy (non-hydrogen) atoms. The molecule has 1 saturated heterocycles. The van der Waals surface area contributed by atoms with Crippen LogP contribution in [-0.4, -0.2) is 48.1 Å². The highest BCUT2D eigenvalue weighted by Gasteiger charge is 2.52. The van der Waals surface area contributed by atoms with Gasteiger partial charge in [0.15, 0.2) is 0 Å². The van der Waals surface area contributed by atoms with E-state index < -0.39 is 38.7 Å². The van der Waals surface area contributed by atoms with Crippen molar-refractivity contribution in [3.8, 4) is 0 Å². The van der Waals surface area contributed by atoms with Gasteiger partial charge in [-0.05, 0) is 61.6 Å². The Morgan fingerprint density at radius 1 is 1.13 bits per heavy atom. The molecular weight excluding hydrogens is 559 g/mol. The highest BCUT2D eigenvalue weighted by molar-refractivity contribution is 7.90. The molecule has 1 aliphatic heterocycles. The van der Waals surface area contributed by atoms with Crippen LogP contribution in [-0.2, 0) is 19.6 Å². The molecule has 1 amide bonds. The Morgan fingerprint density at radius 2 is 1.79 bits per heavy atom. The van der Waals surface area contributed by atoms with Crippen LogP contribution in [0.1, 0.15) is 82.9 Å². The number of nitrogens with one attached hydrogen (secondary N) is 1. The van der Waals surface area contributed by atoms with Crippen LogP contribution in [0.2, 0.25) is 10.0 Å². The number of hydrogen-bond donors (Lipinski definition) is 2. The standard InChI is InChI=1S/C29H38Cl2N2O5S/c1-5-8-19(3)39(37,38)32-18-24(6-2)33-27(20-11-13-22(30)14-12-20)25(21-9-7-10-23(31)15-21)16-29(4,28(33)36)17-26(34)35/h7,9-15,19,24-25,27,32H,5-6,8,16-18H2,1-4H3,(H,34,35)/t19?,24-,25+,27+,29+/m0/s1. The van der Waals surface area contributed by atoms with Crippen LogP contribution in [0.25, 0.3) is 0 Å². The third-order valence-corrected chi connectivity index (χ3v) is 10.1. The lowest BCUT2D eigenvalue weighted by atomic mass is 9.67. The van der Waals surface area contributed by atoms with Crippen LogP contribution in [0.5, 0.6) is 0 Å². The summed E-state index contributed by atoms with van der Waals surface area (Å²) < 4.78 is 28.7. The first-order chi connectivity index (χ1) is 18.3. The number of piperidine rings is 1. The van der Waals surface area contributed by atoms with Gasteiger partial charge in [0.05, 0.1) is 23.1 Å². The zero-order chi connectivity index (χ0) is 29.0. The Morgan fingerprint density at radius 3 is 2.36 bits per heavy atom. The lowest BCUT2D eigenvalue weighted by Crippen LogP contribution is -2.58. The van der Waals surface area contributed by atoms with E-state index in [0.29, 0.717) is 22.9 Å². The van der Waals surface area contributed by atoms with Crippen molar-refractivity contribution in [2.45, 2.75) is 83.1 Å². The normalized spacial score (nSPS) is 23.4. The number of nitrogens with zero attached hydrogens (tertiary/aromatic N) is 1. The second-order valence-corrected chi connectivity index (χ2v) is 13.8. The first kappa shape index (κ1) is 31.4. The fraction of sp³-hybridized carbons (Fsp3) is 0.517. The monoisotopic (exact) mass is 596 g/mol. The summed E-state index contributed by atoms with van der Waals surface area (Å²) in [5.74, 6) is -1.67. The number of rotatable bonds is 12. The minimum absolute atomic E-state index is 0.0220. The number of aliphatic carboxylic acids is 1. The molecule has 5 atom stereocenters. The summed E-state index contributed by atoms with van der Waals surface area (Å²) in [4.78, 5) is 27.9. The summed E-state index contributed by atoms with van der Waals surface area (Å²) >= 11 is 12.6. The molecule has 0 saturated carbocycles. The number of sulfonamides is 1. The van der Waals surface area contributed by atoms with Crippen molar-refractivity contribution in [1.82, 2.24) is 9.62 Å². The molecule has 2 aromatic carbocycles. The number of carbonyl (C=O) groups excluding carboxylic acids is 1. The van der Waals surface area contributed by atoms with Gasteiger partial charge in [0, 0.05) is 28.5 Å². The number of halogens is 2. The van der Waals surface area contributed by atoms with Crippen molar-refractivity contribution < 1.29 is 23.1 Å². The molecule has 1 aliphatic rings. The molecule has 1 unspecified atom stereocenters. The van der Waals surface area contributed by atoms with Gasteiger partial charge in [0.2, 0.25) is 15.9 Å². The molecule has 0 bridgehead atoms. The summed E-state index contributed by atoms with van der Waals surface area (Å²) in [6.07, 6.45) is 1.67. The van der Waals surface area contributed by atoms with E-state index >= 15 is 0 Å². The predicted octanol–water partition coefficient (Wildman–Crippen LogP) is 6.42. The number of carbonyl (C=O) groups is 2. The Kier molecular flexibility index (Phi) is 10.5. The summed E-state index contributed by atoms with van der Waals surface area (Å²) in [7, 11) is -3.61. The predicted molar refractivity (Wildman–Crippen MR) is 156 cm³/mol. The van der Waals surface area contributed by atoms with Crippen LogP contribution in [0, 0.1) is 5.41 Å². The molecule has 2 aromatic rings. The summed E-state index contributed by atoms with van der Waals surface area (Å²) in [6, 6.07) is 13.6. The molecule has 1 fully saturated rings. The van der Waals surface area contributed by atoms with Gasteiger partial charge in [0.25, 0.3) is 0 Å². The Bertz CT molecular complexity index is 1270. The quantitative estimate of drug-likeness (QED) is 0.294. The van der Waals surface area contributed by atoms with Crippen LogP contribution >= 0.6 is 23.2 Å². The number of likely N-dealkylation sites (tertiary alicyclic amines) is 1. The molecule has 7 nitrogen and oxygen atoms in total. The van der Waals surface area contributed by atoms with Gasteiger partial charge in [-0.25, -0.2) is 13.1 Å². The lowest BCUT2D eigenvalue weighted by Gasteiger charge is -2.52. The minimum Gasteiger partial charge on any atom is -0.481 e. The number of benzene rings is 2. The average Bonchev–Trinajstić information content (AvgIpc) is 2.87. The average molecular weight is 598 g/mol. The zero-order valence-electron chi connectivity index (χ0n) is 22.9. The Hall–Kier alpha value is -2.13. The second-order valence-electron chi connectivity index (χ2n) is 10.8. The van der Waals surface area contributed by atoms with E-state index in [1.165, 1.54) is 0 Å². The van der Waals surface area contributed by atoms with E-state index in [9.17, 15) is 23.1 Å². The van der Waals surface area contributed by atoms with Gasteiger partial charge in [-0.2, -0.15) is 0 Å². The zero-order valence-corrected chi connectivity index (χ0v) is 25.2. The van der Waals surface area contributed by atoms with E-state index in [0.717, 1.165) is 17.5 Å². The van der Waals surface area contributed by atoms with Crippen molar-refractivity contribution >= 4 is 45.1 Å². The van der Waals surface area contributed by atoms with Crippen LogP contribution < -0.4 is 4.72 Å². The number of hydrogen-bond acceptors (Lipinski definition) is 4. The van der Waals surface area contributed by atoms with Crippen molar-refractivity contribution in [1.29, 1.82) is 0 Å². The fourth-order valence-electron chi connectivity index (χ4n) is 5.64. The second kappa shape index (κ2) is 13.0. The van der Waals surface area contributed by atoms with E-state index in [-0.39, 0.29) is 31.2 Å². The molecular formula is C29H38Cl2N2O5S. The largest absolute Gasteiger partial charge is 0.481 e. The number of amides is 1. The van der Waals surface area contributed by atoms with Crippen molar-refractivity contribution in [3.63, 3.8) is 0 Å². The minimum atomic E-state index is -3.61. The van der Waals surface area contributed by atoms with Gasteiger partial charge in [-0.3, -0.25) is 9.59 Å². The maximum absolute atomic E-state index is 14.3. The molecule has 2 N–H and O–H groups in total. The SMILES string of the molecule is CCCC(C)S(=O)(=O)NC[C@H](CC)N1C(=O)[C@@](C)(CC(=O)O)C[C@H](c2cccc(Cl)c2)[C@H]1c1ccc(Cl)cc1. The van der Waals surface area contributed by atoms with Crippen molar-refractivity contribution in [3.05, 3.63) is 69.7 Å². The topological polar surface area (TPSA) is 104 Å². The van der Waals surface area contributed by atoms with Gasteiger partial charge >= 0.3 is 5.97 Å². The highest BCUT2D eigenvalue weighted by Crippen LogP contribution is 2.52. The van der Waals surface area contributed by atoms with E-state index in [1.807, 2.05) is 44.2 Å². The van der Waals surface area contributed by atoms with Crippen LogP contribution in [0.3, 0.4) is 0 Å². The maximum Gasteiger partial charge on any atom is 0.304 e. The third kappa shape index (κ3) is 7.34. The van der Waals surface area contributed by atoms with Gasteiger partial charge in [-0.1, -0.05) is 74.7 Å². The third-order valence-electron chi connectivity index (χ3n) is 7.74. The lowest BCUT2D eigenvalue weighted by molar-refractivity contribution is -0.160. The molecule has 214 valence electrons. The Labute approximate surface area is 241 Å². The number of carboxylic acid groups (broad SMARTS) is 1. The van der Waals surface area contributed by atoms with Crippen molar-refractivity contribution in [2.24, 2.45) is 5.41 Å². The van der Waals surface area contributed by atoms with Crippen LogP contribution in [0.15, 0.2) is 48.5 Å². The van der Waals surface area contributed by atoms with E-state index in [4.69, 9.17) is 23.2 Å². The van der Waals surface area contributed by atoms with Gasteiger partial charge in [-0.15, -0.1) is 0 Å². The molecule has 0 aliphatic carbocycles. The molecule has 1 heterocycles. The summed E-state index contributed by atoms with van der Waals surface area (Å²) in [5.41, 5.74) is 0.503. The smallest absolute Gasteiger partial charge is 0.304 e. The molecule has 0 spiro atoms. The van der Waals surface area contributed by atoms with Gasteiger partial charge < -0.3 is 10.0 Å². The van der Waals surface area contributed by atoms with E-state index in [2.05, 4.69) is 4.72 Å². The summed E-state index contributed by atoms with van der Waals surface area (Å²) in [6.45, 7) is 7.22. The first-order valence-electron chi connectivity index (χ1n) is 13.4. The molecule has 0 aromatic heterocycles. The van der Waals surface area contributed by atoms with Gasteiger partial charge in [0.1, 0.15) is 0 Å². The highest BCUT2D eigenvalue weighted by atomic mass is 35.5. The van der Waals surface area contributed by atoms with Crippen molar-refractivity contribution in [2.75, 3.05) is 6.54 Å². The van der Waals surface area contributed by atoms with Crippen LogP contribution in [0.4, 0.5) is 0 Å². The Balaban J connectivity index is 2.16.